The van der Waals surface area contributed by atoms with Gasteiger partial charge < -0.3 is 15.0 Å². The fourth-order valence-corrected chi connectivity index (χ4v) is 3.39. The summed E-state index contributed by atoms with van der Waals surface area (Å²) >= 11 is 6.42. The van der Waals surface area contributed by atoms with Crippen LogP contribution in [0.25, 0.3) is 11.0 Å². The maximum atomic E-state index is 13.5. The molecule has 0 bridgehead atoms. The van der Waals surface area contributed by atoms with Crippen molar-refractivity contribution in [2.24, 2.45) is 0 Å². The number of pyridine rings is 3. The minimum Gasteiger partial charge on any atom is -0.481 e. The van der Waals surface area contributed by atoms with Gasteiger partial charge in [0.25, 0.3) is 0 Å². The molecule has 2 N–H and O–H groups in total. The molecule has 0 aliphatic carbocycles. The zero-order valence-corrected chi connectivity index (χ0v) is 16.7. The first kappa shape index (κ1) is 19.1. The van der Waals surface area contributed by atoms with Crippen LogP contribution in [0.5, 0.6) is 5.88 Å². The molecular weight excluding hydrogens is 393 g/mol. The highest BCUT2D eigenvalue weighted by Crippen LogP contribution is 2.25. The topological polar surface area (TPSA) is 75.7 Å². The fourth-order valence-electron chi connectivity index (χ4n) is 3.17. The highest BCUT2D eigenvalue weighted by Gasteiger charge is 2.11. The van der Waals surface area contributed by atoms with Gasteiger partial charge in [0.15, 0.2) is 0 Å². The van der Waals surface area contributed by atoms with E-state index >= 15 is 0 Å². The molecule has 0 aliphatic rings. The summed E-state index contributed by atoms with van der Waals surface area (Å²) in [6, 6.07) is 7.26. The van der Waals surface area contributed by atoms with E-state index in [4.69, 9.17) is 16.3 Å². The third kappa shape index (κ3) is 4.14. The number of nitrogens with zero attached hydrogens (tertiary/aromatic N) is 3. The molecule has 0 saturated carbocycles. The highest BCUT2D eigenvalue weighted by molar-refractivity contribution is 6.30. The number of halogens is 2. The lowest BCUT2D eigenvalue weighted by molar-refractivity contribution is 0.391. The van der Waals surface area contributed by atoms with Crippen molar-refractivity contribution < 1.29 is 9.13 Å². The molecule has 6 nitrogen and oxygen atoms in total. The van der Waals surface area contributed by atoms with Crippen molar-refractivity contribution in [3.05, 3.63) is 76.1 Å². The molecule has 0 atom stereocenters. The van der Waals surface area contributed by atoms with E-state index in [-0.39, 0.29) is 0 Å². The molecule has 0 amide bonds. The number of hydrogen-bond acceptors (Lipinski definition) is 5. The molecule has 0 aliphatic heterocycles. The van der Waals surface area contributed by atoms with Crippen molar-refractivity contribution in [3.8, 4) is 5.88 Å². The van der Waals surface area contributed by atoms with Crippen molar-refractivity contribution in [1.29, 1.82) is 0 Å². The van der Waals surface area contributed by atoms with Crippen LogP contribution >= 0.6 is 11.6 Å². The van der Waals surface area contributed by atoms with Crippen LogP contribution in [-0.4, -0.2) is 27.0 Å². The third-order valence-corrected chi connectivity index (χ3v) is 4.93. The minimum atomic E-state index is -0.424. The van der Waals surface area contributed by atoms with Crippen LogP contribution in [0.3, 0.4) is 0 Å². The first-order valence-electron chi connectivity index (χ1n) is 9.04. The van der Waals surface area contributed by atoms with Gasteiger partial charge in [-0.05, 0) is 41.8 Å². The lowest BCUT2D eigenvalue weighted by Crippen LogP contribution is -2.05. The van der Waals surface area contributed by atoms with Gasteiger partial charge in [-0.25, -0.2) is 19.3 Å². The standard InChI is InChI=1S/C21H19ClFN5O/c1-12-5-17-14(9-26-20(17)25-8-12)6-13-3-4-18(28-19(13)22)24-10-15-7-16(23)11-27-21(15)29-2/h3-5,7-9,11H,6,10H2,1-2H3,(H,24,28)(H,25,26). The maximum Gasteiger partial charge on any atom is 0.218 e. The zero-order valence-electron chi connectivity index (χ0n) is 16.0. The lowest BCUT2D eigenvalue weighted by Gasteiger charge is -2.11. The Hall–Kier alpha value is -3.19. The number of anilines is 1. The van der Waals surface area contributed by atoms with E-state index in [2.05, 4.69) is 31.3 Å². The zero-order chi connectivity index (χ0) is 20.4. The molecule has 0 unspecified atom stereocenters. The summed E-state index contributed by atoms with van der Waals surface area (Å²) in [5.74, 6) is 0.527. The van der Waals surface area contributed by atoms with E-state index in [0.717, 1.165) is 33.9 Å². The van der Waals surface area contributed by atoms with Gasteiger partial charge in [0, 0.05) is 36.3 Å². The molecule has 4 aromatic rings. The van der Waals surface area contributed by atoms with Crippen molar-refractivity contribution in [3.63, 3.8) is 0 Å². The Labute approximate surface area is 172 Å². The van der Waals surface area contributed by atoms with Gasteiger partial charge >= 0.3 is 0 Å². The van der Waals surface area contributed by atoms with Crippen molar-refractivity contribution in [1.82, 2.24) is 19.9 Å². The second kappa shape index (κ2) is 8.05. The first-order chi connectivity index (χ1) is 14.0. The summed E-state index contributed by atoms with van der Waals surface area (Å²) in [7, 11) is 1.50. The van der Waals surface area contributed by atoms with Crippen molar-refractivity contribution >= 4 is 28.5 Å². The molecule has 4 heterocycles. The number of aromatic nitrogens is 4. The third-order valence-electron chi connectivity index (χ3n) is 4.61. The Morgan fingerprint density at radius 3 is 2.79 bits per heavy atom. The van der Waals surface area contributed by atoms with Crippen LogP contribution in [-0.2, 0) is 13.0 Å². The molecule has 0 fully saturated rings. The summed E-state index contributed by atoms with van der Waals surface area (Å²) in [5, 5.41) is 4.62. The van der Waals surface area contributed by atoms with Crippen LogP contribution in [0, 0.1) is 12.7 Å². The summed E-state index contributed by atoms with van der Waals surface area (Å²) < 4.78 is 18.6. The van der Waals surface area contributed by atoms with E-state index in [0.29, 0.717) is 35.4 Å². The summed E-state index contributed by atoms with van der Waals surface area (Å²) in [4.78, 5) is 15.9. The number of aryl methyl sites for hydroxylation is 1. The smallest absolute Gasteiger partial charge is 0.218 e. The van der Waals surface area contributed by atoms with Crippen LogP contribution in [0.2, 0.25) is 5.15 Å². The molecule has 8 heteroatoms. The number of rotatable bonds is 6. The average molecular weight is 412 g/mol. The predicted octanol–water partition coefficient (Wildman–Crippen LogP) is 4.67. The van der Waals surface area contributed by atoms with Gasteiger partial charge in [-0.2, -0.15) is 0 Å². The van der Waals surface area contributed by atoms with E-state index in [9.17, 15) is 4.39 Å². The monoisotopic (exact) mass is 411 g/mol. The Morgan fingerprint density at radius 1 is 1.14 bits per heavy atom. The number of aromatic amines is 1. The van der Waals surface area contributed by atoms with Crippen molar-refractivity contribution in [2.75, 3.05) is 12.4 Å². The number of methoxy groups -OCH3 is 1. The second-order valence-electron chi connectivity index (χ2n) is 6.72. The van der Waals surface area contributed by atoms with Gasteiger partial charge in [-0.3, -0.25) is 0 Å². The first-order valence-corrected chi connectivity index (χ1v) is 9.41. The molecule has 4 rings (SSSR count). The van der Waals surface area contributed by atoms with Gasteiger partial charge in [0.1, 0.15) is 22.4 Å². The van der Waals surface area contributed by atoms with E-state index in [1.54, 1.807) is 0 Å². The molecule has 0 radical (unpaired) electrons. The summed E-state index contributed by atoms with van der Waals surface area (Å²) in [6.45, 7) is 2.32. The second-order valence-corrected chi connectivity index (χ2v) is 7.08. The molecule has 0 saturated heterocycles. The van der Waals surface area contributed by atoms with Crippen molar-refractivity contribution in [2.45, 2.75) is 19.9 Å². The molecule has 4 aromatic heterocycles. The SMILES string of the molecule is COc1ncc(F)cc1CNc1ccc(Cc2c[nH]c3ncc(C)cc23)c(Cl)n1. The Morgan fingerprint density at radius 2 is 2.00 bits per heavy atom. The fraction of sp³-hybridized carbons (Fsp3) is 0.190. The van der Waals surface area contributed by atoms with Gasteiger partial charge in [-0.15, -0.1) is 0 Å². The highest BCUT2D eigenvalue weighted by atomic mass is 35.5. The van der Waals surface area contributed by atoms with E-state index < -0.39 is 5.82 Å². The van der Waals surface area contributed by atoms with Gasteiger partial charge in [0.2, 0.25) is 5.88 Å². The van der Waals surface area contributed by atoms with Crippen LogP contribution in [0.15, 0.2) is 42.9 Å². The van der Waals surface area contributed by atoms with Gasteiger partial charge in [-0.1, -0.05) is 17.7 Å². The molecule has 148 valence electrons. The summed E-state index contributed by atoms with van der Waals surface area (Å²) in [5.41, 5.74) is 4.56. The number of nitrogens with one attached hydrogen (secondary N) is 2. The van der Waals surface area contributed by atoms with E-state index in [1.807, 2.05) is 31.5 Å². The minimum absolute atomic E-state index is 0.310. The number of hydrogen-bond donors (Lipinski definition) is 2. The predicted molar refractivity (Wildman–Crippen MR) is 111 cm³/mol. The Kier molecular flexibility index (Phi) is 5.31. The Balaban J connectivity index is 1.51. The number of fused-ring (bicyclic) bond motifs is 1. The molecule has 29 heavy (non-hydrogen) atoms. The molecule has 0 spiro atoms. The normalized spacial score (nSPS) is 11.0. The van der Waals surface area contributed by atoms with Crippen LogP contribution in [0.4, 0.5) is 10.2 Å². The largest absolute Gasteiger partial charge is 0.481 e. The molecular formula is C21H19ClFN5O. The quantitative estimate of drug-likeness (QED) is 0.451. The summed E-state index contributed by atoms with van der Waals surface area (Å²) in [6.07, 6.45) is 5.54. The maximum absolute atomic E-state index is 13.5. The molecule has 0 aromatic carbocycles. The number of H-pyrrole nitrogens is 1. The number of ether oxygens (including phenoxy) is 1. The lowest BCUT2D eigenvalue weighted by atomic mass is 10.1. The van der Waals surface area contributed by atoms with Crippen LogP contribution < -0.4 is 10.1 Å². The van der Waals surface area contributed by atoms with Gasteiger partial charge in [0.05, 0.1) is 13.3 Å². The average Bonchev–Trinajstić information content (AvgIpc) is 3.10. The van der Waals surface area contributed by atoms with E-state index in [1.165, 1.54) is 13.2 Å². The Bertz CT molecular complexity index is 1180. The van der Waals surface area contributed by atoms with Crippen LogP contribution in [0.1, 0.15) is 22.3 Å².